The third kappa shape index (κ3) is 3.61. The Morgan fingerprint density at radius 2 is 1.54 bits per heavy atom. The summed E-state index contributed by atoms with van der Waals surface area (Å²) in [5.41, 5.74) is 1.06. The molecule has 0 radical (unpaired) electrons. The predicted octanol–water partition coefficient (Wildman–Crippen LogP) is 4.91. The van der Waals surface area contributed by atoms with Crippen LogP contribution >= 0.6 is 11.6 Å². The normalized spacial score (nSPS) is 30.9. The van der Waals surface area contributed by atoms with E-state index in [4.69, 9.17) is 16.3 Å². The molecule has 0 aliphatic heterocycles. The van der Waals surface area contributed by atoms with Crippen molar-refractivity contribution in [3.8, 4) is 0 Å². The standard InChI is InChI=1S/C28H26ClNO5/c1-15(35-26(34)27-10-16-8-17(11-27)13-28(29,12-16)14-27)25(33)30-18-6-7-21-22(9-18)24(32)20-5-3-2-4-19(20)23(21)31/h2-7,9,15-17H,8,10-14H2,1H3,(H,30,33)/t15-,16+,17+,27?,28?/m1/s1. The lowest BCUT2D eigenvalue weighted by molar-refractivity contribution is -0.176. The number of benzene rings is 2. The Labute approximate surface area is 208 Å². The van der Waals surface area contributed by atoms with Crippen molar-refractivity contribution in [1.29, 1.82) is 0 Å². The van der Waals surface area contributed by atoms with E-state index in [0.29, 0.717) is 40.6 Å². The number of anilines is 1. The number of hydrogen-bond acceptors (Lipinski definition) is 5. The molecule has 3 atom stereocenters. The van der Waals surface area contributed by atoms with Crippen LogP contribution in [-0.4, -0.2) is 34.4 Å². The van der Waals surface area contributed by atoms with E-state index in [9.17, 15) is 19.2 Å². The molecule has 4 fully saturated rings. The number of esters is 1. The maximum Gasteiger partial charge on any atom is 0.312 e. The Morgan fingerprint density at radius 1 is 0.943 bits per heavy atom. The van der Waals surface area contributed by atoms with E-state index in [2.05, 4.69) is 5.32 Å². The highest BCUT2D eigenvalue weighted by Crippen LogP contribution is 2.64. The monoisotopic (exact) mass is 491 g/mol. The Hall–Kier alpha value is -2.99. The smallest absolute Gasteiger partial charge is 0.312 e. The van der Waals surface area contributed by atoms with E-state index in [1.165, 1.54) is 6.07 Å². The SMILES string of the molecule is C[C@@H](OC(=O)C12C[C@@H]3C[C@H](CC(Cl)(C3)C1)C2)C(=O)Nc1ccc2c(c1)C(=O)c1ccccc1C2=O. The fraction of sp³-hybridized carbons (Fsp3) is 0.429. The minimum Gasteiger partial charge on any atom is -0.452 e. The molecule has 5 aliphatic rings. The van der Waals surface area contributed by atoms with Crippen molar-refractivity contribution in [2.24, 2.45) is 17.3 Å². The van der Waals surface area contributed by atoms with Crippen LogP contribution in [0.2, 0.25) is 0 Å². The van der Waals surface area contributed by atoms with Gasteiger partial charge in [-0.2, -0.15) is 0 Å². The summed E-state index contributed by atoms with van der Waals surface area (Å²) in [6, 6.07) is 11.3. The minimum absolute atomic E-state index is 0.219. The number of fused-ring (bicyclic) bond motifs is 2. The second kappa shape index (κ2) is 7.76. The maximum absolute atomic E-state index is 13.3. The van der Waals surface area contributed by atoms with Gasteiger partial charge in [-0.25, -0.2) is 0 Å². The van der Waals surface area contributed by atoms with Gasteiger partial charge in [-0.15, -0.1) is 11.6 Å². The van der Waals surface area contributed by atoms with E-state index >= 15 is 0 Å². The number of amides is 1. The van der Waals surface area contributed by atoms with E-state index in [-0.39, 0.29) is 28.0 Å². The minimum atomic E-state index is -1.00. The highest BCUT2D eigenvalue weighted by atomic mass is 35.5. The van der Waals surface area contributed by atoms with Gasteiger partial charge in [-0.05, 0) is 75.5 Å². The predicted molar refractivity (Wildman–Crippen MR) is 130 cm³/mol. The van der Waals surface area contributed by atoms with Gasteiger partial charge in [0.2, 0.25) is 0 Å². The lowest BCUT2D eigenvalue weighted by Crippen LogP contribution is -2.57. The summed E-state index contributed by atoms with van der Waals surface area (Å²) >= 11 is 6.84. The average Bonchev–Trinajstić information content (AvgIpc) is 2.81. The van der Waals surface area contributed by atoms with Crippen molar-refractivity contribution in [3.05, 3.63) is 64.7 Å². The molecule has 1 amide bonds. The molecule has 1 N–H and O–H groups in total. The van der Waals surface area contributed by atoms with Gasteiger partial charge in [0.15, 0.2) is 17.7 Å². The molecule has 0 saturated heterocycles. The number of rotatable bonds is 4. The molecular weight excluding hydrogens is 466 g/mol. The Balaban J connectivity index is 1.16. The number of carbonyl (C=O) groups excluding carboxylic acids is 4. The number of nitrogens with one attached hydrogen (secondary N) is 1. The highest BCUT2D eigenvalue weighted by Gasteiger charge is 2.61. The molecule has 4 bridgehead atoms. The summed E-state index contributed by atoms with van der Waals surface area (Å²) < 4.78 is 5.68. The first-order valence-corrected chi connectivity index (χ1v) is 12.6. The number of ketones is 2. The molecule has 35 heavy (non-hydrogen) atoms. The zero-order valence-corrected chi connectivity index (χ0v) is 20.2. The van der Waals surface area contributed by atoms with E-state index in [0.717, 1.165) is 32.1 Å². The van der Waals surface area contributed by atoms with E-state index < -0.39 is 17.4 Å². The first kappa shape index (κ1) is 22.5. The zero-order valence-electron chi connectivity index (χ0n) is 19.4. The Bertz CT molecular complexity index is 1290. The number of ether oxygens (including phenoxy) is 1. The molecule has 7 heteroatoms. The Morgan fingerprint density at radius 3 is 2.17 bits per heavy atom. The van der Waals surface area contributed by atoms with Gasteiger partial charge in [0.05, 0.1) is 5.41 Å². The van der Waals surface area contributed by atoms with E-state index in [1.807, 2.05) is 0 Å². The third-order valence-corrected chi connectivity index (χ3v) is 8.71. The lowest BCUT2D eigenvalue weighted by atomic mass is 9.49. The van der Waals surface area contributed by atoms with Crippen LogP contribution in [-0.2, 0) is 14.3 Å². The van der Waals surface area contributed by atoms with Gasteiger partial charge in [0.1, 0.15) is 0 Å². The fourth-order valence-electron chi connectivity index (χ4n) is 7.15. The van der Waals surface area contributed by atoms with Crippen molar-refractivity contribution >= 4 is 40.7 Å². The third-order valence-electron chi connectivity index (χ3n) is 8.27. The van der Waals surface area contributed by atoms with Crippen molar-refractivity contribution in [2.75, 3.05) is 5.32 Å². The molecule has 4 saturated carbocycles. The van der Waals surface area contributed by atoms with Crippen LogP contribution in [0.15, 0.2) is 42.5 Å². The van der Waals surface area contributed by atoms with Crippen LogP contribution in [0.5, 0.6) is 0 Å². The largest absolute Gasteiger partial charge is 0.452 e. The van der Waals surface area contributed by atoms with Crippen molar-refractivity contribution < 1.29 is 23.9 Å². The van der Waals surface area contributed by atoms with Crippen molar-refractivity contribution in [3.63, 3.8) is 0 Å². The topological polar surface area (TPSA) is 89.5 Å². The summed E-state index contributed by atoms with van der Waals surface area (Å²) in [4.78, 5) is 51.6. The molecule has 2 aromatic rings. The molecule has 0 aromatic heterocycles. The van der Waals surface area contributed by atoms with Crippen LogP contribution in [0.1, 0.15) is 77.3 Å². The van der Waals surface area contributed by atoms with Crippen LogP contribution < -0.4 is 5.32 Å². The second-order valence-electron chi connectivity index (χ2n) is 10.9. The molecule has 0 heterocycles. The van der Waals surface area contributed by atoms with Crippen LogP contribution in [0.3, 0.4) is 0 Å². The summed E-state index contributed by atoms with van der Waals surface area (Å²) in [7, 11) is 0. The number of carbonyl (C=O) groups is 4. The molecular formula is C28H26ClNO5. The highest BCUT2D eigenvalue weighted by molar-refractivity contribution is 6.28. The second-order valence-corrected chi connectivity index (χ2v) is 11.7. The molecule has 180 valence electrons. The van der Waals surface area contributed by atoms with Crippen LogP contribution in [0, 0.1) is 17.3 Å². The van der Waals surface area contributed by atoms with Crippen molar-refractivity contribution in [1.82, 2.24) is 0 Å². The van der Waals surface area contributed by atoms with Crippen LogP contribution in [0.4, 0.5) is 5.69 Å². The molecule has 7 rings (SSSR count). The van der Waals surface area contributed by atoms with Gasteiger partial charge in [0, 0.05) is 32.8 Å². The van der Waals surface area contributed by atoms with Gasteiger partial charge >= 0.3 is 5.97 Å². The molecule has 0 spiro atoms. The first-order valence-electron chi connectivity index (χ1n) is 12.2. The van der Waals surface area contributed by atoms with Crippen molar-refractivity contribution in [2.45, 2.75) is 56.4 Å². The average molecular weight is 492 g/mol. The molecule has 5 aliphatic carbocycles. The molecule has 0 unspecified atom stereocenters. The summed E-state index contributed by atoms with van der Waals surface area (Å²) in [5, 5.41) is 2.73. The quantitative estimate of drug-likeness (QED) is 0.413. The number of halogens is 1. The number of alkyl halides is 1. The maximum atomic E-state index is 13.3. The van der Waals surface area contributed by atoms with Gasteiger partial charge in [-0.3, -0.25) is 19.2 Å². The fourth-order valence-corrected chi connectivity index (χ4v) is 7.84. The summed E-state index contributed by atoms with van der Waals surface area (Å²) in [6.45, 7) is 1.55. The Kier molecular flexibility index (Phi) is 4.98. The number of hydrogen-bond donors (Lipinski definition) is 1. The van der Waals surface area contributed by atoms with Crippen LogP contribution in [0.25, 0.3) is 0 Å². The molecule has 2 aromatic carbocycles. The zero-order chi connectivity index (χ0) is 24.5. The first-order chi connectivity index (χ1) is 16.7. The van der Waals surface area contributed by atoms with Gasteiger partial charge in [-0.1, -0.05) is 24.3 Å². The summed E-state index contributed by atoms with van der Waals surface area (Å²) in [5.74, 6) is -0.399. The van der Waals surface area contributed by atoms with Gasteiger partial charge in [0.25, 0.3) is 5.91 Å². The summed E-state index contributed by atoms with van der Waals surface area (Å²) in [6.07, 6.45) is 4.23. The molecule has 6 nitrogen and oxygen atoms in total. The lowest BCUT2D eigenvalue weighted by Gasteiger charge is -2.58. The van der Waals surface area contributed by atoms with E-state index in [1.54, 1.807) is 43.3 Å². The van der Waals surface area contributed by atoms with Gasteiger partial charge < -0.3 is 10.1 Å².